The van der Waals surface area contributed by atoms with E-state index in [1.165, 1.54) is 28.9 Å². The van der Waals surface area contributed by atoms with Gasteiger partial charge in [0, 0.05) is 10.6 Å². The van der Waals surface area contributed by atoms with Crippen LogP contribution < -0.4 is 15.6 Å². The Morgan fingerprint density at radius 2 is 1.56 bits per heavy atom. The first-order valence-corrected chi connectivity index (χ1v) is 11.9. The number of aromatic carboxylic acids is 1. The van der Waals surface area contributed by atoms with Gasteiger partial charge < -0.3 is 15.7 Å². The lowest BCUT2D eigenvalue weighted by Crippen LogP contribution is -2.35. The summed E-state index contributed by atoms with van der Waals surface area (Å²) >= 11 is 1.31. The number of carbonyl (C=O) groups excluding carboxylic acids is 3. The van der Waals surface area contributed by atoms with Gasteiger partial charge in [0.05, 0.1) is 28.5 Å². The van der Waals surface area contributed by atoms with Crippen LogP contribution in [0.3, 0.4) is 0 Å². The number of benzene rings is 3. The molecule has 0 bridgehead atoms. The van der Waals surface area contributed by atoms with Gasteiger partial charge in [-0.2, -0.15) is 10.1 Å². The summed E-state index contributed by atoms with van der Waals surface area (Å²) in [5.74, 6) is -1.93. The minimum absolute atomic E-state index is 0.0113. The van der Waals surface area contributed by atoms with Crippen LogP contribution in [0.25, 0.3) is 0 Å². The maximum atomic E-state index is 12.7. The topological polar surface area (TPSA) is 128 Å². The van der Waals surface area contributed by atoms with Crippen molar-refractivity contribution in [1.29, 1.82) is 0 Å². The molecule has 0 aromatic heterocycles. The Bertz CT molecular complexity index is 1340. The zero-order valence-electron chi connectivity index (χ0n) is 19.2. The van der Waals surface area contributed by atoms with E-state index in [0.717, 1.165) is 4.90 Å². The van der Waals surface area contributed by atoms with Crippen molar-refractivity contribution in [2.45, 2.75) is 23.5 Å². The Hall–Kier alpha value is -4.44. The first-order chi connectivity index (χ1) is 17.3. The number of carbonyl (C=O) groups is 4. The standard InChI is InChI=1S/C26H22N4O5S/c1-16(24(32)28-22-15-23(31)30(29-22)18-7-3-2-4-8-18)36-19-13-11-17(12-14-19)27-25(33)20-9-5-6-10-21(20)26(34)35/h2-14,16H,15H2,1H3,(H,27,33)(H,34,35)(H,28,29,32). The van der Waals surface area contributed by atoms with E-state index in [9.17, 15) is 24.3 Å². The lowest BCUT2D eigenvalue weighted by atomic mass is 10.1. The van der Waals surface area contributed by atoms with Crippen molar-refractivity contribution >= 4 is 52.7 Å². The minimum Gasteiger partial charge on any atom is -0.478 e. The molecule has 36 heavy (non-hydrogen) atoms. The molecule has 4 rings (SSSR count). The fraction of sp³-hybridized carbons (Fsp3) is 0.115. The number of nitrogens with zero attached hydrogens (tertiary/aromatic N) is 2. The van der Waals surface area contributed by atoms with E-state index in [2.05, 4.69) is 15.7 Å². The van der Waals surface area contributed by atoms with E-state index in [4.69, 9.17) is 0 Å². The summed E-state index contributed by atoms with van der Waals surface area (Å²) in [4.78, 5) is 49.6. The molecule has 3 N–H and O–H groups in total. The largest absolute Gasteiger partial charge is 0.478 e. The molecule has 0 saturated heterocycles. The van der Waals surface area contributed by atoms with Crippen LogP contribution in [0.2, 0.25) is 0 Å². The third-order valence-corrected chi connectivity index (χ3v) is 6.35. The number of hydrogen-bond donors (Lipinski definition) is 3. The molecule has 1 atom stereocenters. The highest BCUT2D eigenvalue weighted by Gasteiger charge is 2.27. The van der Waals surface area contributed by atoms with Crippen LogP contribution >= 0.6 is 11.8 Å². The Balaban J connectivity index is 1.34. The molecule has 9 nitrogen and oxygen atoms in total. The Morgan fingerprint density at radius 1 is 0.917 bits per heavy atom. The average Bonchev–Trinajstić information content (AvgIpc) is 3.25. The second-order valence-corrected chi connectivity index (χ2v) is 9.26. The number of rotatable bonds is 7. The molecule has 0 saturated carbocycles. The molecule has 1 aliphatic rings. The molecular weight excluding hydrogens is 480 g/mol. The number of hydrogen-bond acceptors (Lipinski definition) is 6. The highest BCUT2D eigenvalue weighted by atomic mass is 32.2. The first kappa shape index (κ1) is 24.7. The SMILES string of the molecule is CC(Sc1ccc(NC(=O)c2ccccc2C(=O)O)cc1)C(=O)NC1=NN(c2ccccc2)C(=O)C1. The highest BCUT2D eigenvalue weighted by Crippen LogP contribution is 2.26. The van der Waals surface area contributed by atoms with Crippen LogP contribution in [0.5, 0.6) is 0 Å². The molecule has 1 unspecified atom stereocenters. The van der Waals surface area contributed by atoms with Gasteiger partial charge in [0.25, 0.3) is 11.8 Å². The number of thioether (sulfide) groups is 1. The van der Waals surface area contributed by atoms with Gasteiger partial charge in [0.1, 0.15) is 5.84 Å². The number of anilines is 2. The van der Waals surface area contributed by atoms with E-state index < -0.39 is 17.1 Å². The molecule has 0 radical (unpaired) electrons. The van der Waals surface area contributed by atoms with E-state index in [1.807, 2.05) is 6.07 Å². The lowest BCUT2D eigenvalue weighted by molar-refractivity contribution is -0.118. The predicted octanol–water partition coefficient (Wildman–Crippen LogP) is 3.98. The van der Waals surface area contributed by atoms with Crippen molar-refractivity contribution in [2.24, 2.45) is 5.10 Å². The fourth-order valence-electron chi connectivity index (χ4n) is 3.45. The van der Waals surface area contributed by atoms with Crippen molar-refractivity contribution in [3.63, 3.8) is 0 Å². The summed E-state index contributed by atoms with van der Waals surface area (Å²) < 4.78 is 0. The number of para-hydroxylation sites is 1. The second kappa shape index (κ2) is 10.9. The molecule has 0 aliphatic carbocycles. The van der Waals surface area contributed by atoms with Gasteiger partial charge in [-0.05, 0) is 55.5 Å². The minimum atomic E-state index is -1.18. The Labute approximate surface area is 211 Å². The van der Waals surface area contributed by atoms with Gasteiger partial charge in [-0.15, -0.1) is 11.8 Å². The molecular formula is C26H22N4O5S. The monoisotopic (exact) mass is 502 g/mol. The second-order valence-electron chi connectivity index (χ2n) is 7.84. The zero-order valence-corrected chi connectivity index (χ0v) is 20.0. The summed E-state index contributed by atoms with van der Waals surface area (Å²) in [6.45, 7) is 1.74. The van der Waals surface area contributed by atoms with E-state index in [1.54, 1.807) is 67.6 Å². The first-order valence-electron chi connectivity index (χ1n) is 11.0. The van der Waals surface area contributed by atoms with Gasteiger partial charge in [0.15, 0.2) is 0 Å². The molecule has 3 aromatic rings. The number of carboxylic acids is 1. The quantitative estimate of drug-likeness (QED) is 0.419. The molecule has 0 fully saturated rings. The number of amidine groups is 1. The third kappa shape index (κ3) is 5.78. The highest BCUT2D eigenvalue weighted by molar-refractivity contribution is 8.00. The van der Waals surface area contributed by atoms with Crippen LogP contribution in [-0.2, 0) is 9.59 Å². The zero-order chi connectivity index (χ0) is 25.7. The van der Waals surface area contributed by atoms with Crippen LogP contribution in [0.1, 0.15) is 34.1 Å². The number of amides is 3. The van der Waals surface area contributed by atoms with Crippen LogP contribution in [0.15, 0.2) is 88.9 Å². The molecule has 1 aliphatic heterocycles. The maximum Gasteiger partial charge on any atom is 0.336 e. The van der Waals surface area contributed by atoms with Crippen molar-refractivity contribution in [1.82, 2.24) is 5.32 Å². The smallest absolute Gasteiger partial charge is 0.336 e. The Kier molecular flexibility index (Phi) is 7.45. The third-order valence-electron chi connectivity index (χ3n) is 5.24. The van der Waals surface area contributed by atoms with Crippen LogP contribution in [-0.4, -0.2) is 39.9 Å². The normalized spacial score (nSPS) is 13.6. The average molecular weight is 503 g/mol. The lowest BCUT2D eigenvalue weighted by Gasteiger charge is -2.12. The molecule has 3 amide bonds. The van der Waals surface area contributed by atoms with Gasteiger partial charge in [-0.25, -0.2) is 4.79 Å². The van der Waals surface area contributed by atoms with E-state index >= 15 is 0 Å². The van der Waals surface area contributed by atoms with Crippen LogP contribution in [0, 0.1) is 0 Å². The van der Waals surface area contributed by atoms with E-state index in [-0.39, 0.29) is 29.4 Å². The predicted molar refractivity (Wildman–Crippen MR) is 137 cm³/mol. The summed E-state index contributed by atoms with van der Waals surface area (Å²) in [6, 6.07) is 21.8. The van der Waals surface area contributed by atoms with Crippen molar-refractivity contribution < 1.29 is 24.3 Å². The molecule has 3 aromatic carbocycles. The molecule has 182 valence electrons. The summed E-state index contributed by atoms with van der Waals surface area (Å²) in [7, 11) is 0. The fourth-order valence-corrected chi connectivity index (χ4v) is 4.32. The van der Waals surface area contributed by atoms with Crippen molar-refractivity contribution in [3.8, 4) is 0 Å². The number of carboxylic acid groups (broad SMARTS) is 1. The summed E-state index contributed by atoms with van der Waals surface area (Å²) in [6.07, 6.45) is 0.0113. The molecule has 1 heterocycles. The van der Waals surface area contributed by atoms with Crippen molar-refractivity contribution in [2.75, 3.05) is 10.3 Å². The number of nitrogens with one attached hydrogen (secondary N) is 2. The van der Waals surface area contributed by atoms with Gasteiger partial charge in [-0.1, -0.05) is 30.3 Å². The maximum absolute atomic E-state index is 12.7. The number of hydrazone groups is 1. The summed E-state index contributed by atoms with van der Waals surface area (Å²) in [5.41, 5.74) is 1.10. The van der Waals surface area contributed by atoms with Gasteiger partial charge >= 0.3 is 5.97 Å². The summed E-state index contributed by atoms with van der Waals surface area (Å²) in [5, 5.41) is 19.7. The molecule has 0 spiro atoms. The Morgan fingerprint density at radius 3 is 2.22 bits per heavy atom. The van der Waals surface area contributed by atoms with Gasteiger partial charge in [0.2, 0.25) is 5.91 Å². The van der Waals surface area contributed by atoms with Crippen LogP contribution in [0.4, 0.5) is 11.4 Å². The van der Waals surface area contributed by atoms with Crippen molar-refractivity contribution in [3.05, 3.63) is 90.0 Å². The van der Waals surface area contributed by atoms with Gasteiger partial charge in [-0.3, -0.25) is 14.4 Å². The van der Waals surface area contributed by atoms with E-state index in [0.29, 0.717) is 17.2 Å². The molecule has 10 heteroatoms.